The van der Waals surface area contributed by atoms with Gasteiger partial charge in [0, 0.05) is 25.7 Å². The van der Waals surface area contributed by atoms with Crippen LogP contribution < -0.4 is 5.69 Å². The molecule has 12 heteroatoms. The summed E-state index contributed by atoms with van der Waals surface area (Å²) in [4.78, 5) is 43.4. The van der Waals surface area contributed by atoms with Crippen LogP contribution in [0.25, 0.3) is 0 Å². The maximum absolute atomic E-state index is 12.9. The number of likely N-dealkylation sites (tertiary alicyclic amines) is 1. The number of halogens is 4. The van der Waals surface area contributed by atoms with E-state index in [-0.39, 0.29) is 47.6 Å². The molecule has 0 spiro atoms. The van der Waals surface area contributed by atoms with Crippen molar-refractivity contribution in [1.29, 1.82) is 0 Å². The molecular weight excluding hydrogens is 427 g/mol. The van der Waals surface area contributed by atoms with Crippen molar-refractivity contribution in [3.05, 3.63) is 44.9 Å². The molecule has 1 amide bonds. The number of ketones is 1. The second-order valence-corrected chi connectivity index (χ2v) is 7.70. The van der Waals surface area contributed by atoms with Crippen LogP contribution in [0.3, 0.4) is 0 Å². The van der Waals surface area contributed by atoms with Crippen molar-refractivity contribution in [1.82, 2.24) is 24.2 Å². The molecule has 8 nitrogen and oxygen atoms in total. The summed E-state index contributed by atoms with van der Waals surface area (Å²) in [5.74, 6) is -0.733. The monoisotopic (exact) mass is 443 g/mol. The molecule has 4 heterocycles. The van der Waals surface area contributed by atoms with E-state index in [1.54, 1.807) is 4.90 Å². The van der Waals surface area contributed by atoms with E-state index in [1.165, 1.54) is 0 Å². The Balaban J connectivity index is 1.67. The second-order valence-electron chi connectivity index (χ2n) is 7.29. The molecule has 1 fully saturated rings. The van der Waals surface area contributed by atoms with E-state index in [2.05, 4.69) is 10.1 Å². The van der Waals surface area contributed by atoms with E-state index in [0.29, 0.717) is 19.3 Å². The van der Waals surface area contributed by atoms with Gasteiger partial charge in [-0.25, -0.2) is 9.48 Å². The predicted octanol–water partition coefficient (Wildman–Crippen LogP) is 2.30. The molecule has 0 N–H and O–H groups in total. The van der Waals surface area contributed by atoms with Crippen LogP contribution in [0.4, 0.5) is 13.2 Å². The van der Waals surface area contributed by atoms with E-state index in [4.69, 9.17) is 11.6 Å². The number of pyridine rings is 1. The smallest absolute Gasteiger partial charge is 0.341 e. The maximum Gasteiger partial charge on any atom is 0.417 e. The van der Waals surface area contributed by atoms with Gasteiger partial charge in [-0.1, -0.05) is 11.6 Å². The fourth-order valence-corrected chi connectivity index (χ4v) is 3.99. The lowest BCUT2D eigenvalue weighted by molar-refractivity contribution is -0.138. The summed E-state index contributed by atoms with van der Waals surface area (Å²) in [6.45, 7) is 0.882. The molecular formula is C18H17ClF3N5O3. The SMILES string of the molecule is O=C1CCC(C(=O)N2CCCC2)n2c1nn(Cc1ncc(C(F)(F)F)cc1Cl)c2=O. The first-order chi connectivity index (χ1) is 14.2. The van der Waals surface area contributed by atoms with Crippen molar-refractivity contribution in [3.63, 3.8) is 0 Å². The third-order valence-corrected chi connectivity index (χ3v) is 5.65. The molecule has 2 aliphatic rings. The summed E-state index contributed by atoms with van der Waals surface area (Å²) in [6, 6.07) is -0.108. The van der Waals surface area contributed by atoms with Gasteiger partial charge in [-0.2, -0.15) is 13.2 Å². The average Bonchev–Trinajstić information content (AvgIpc) is 3.32. The largest absolute Gasteiger partial charge is 0.417 e. The average molecular weight is 444 g/mol. The number of Topliss-reactive ketones (excluding diaryl/α,β-unsaturated/α-hetero) is 1. The first-order valence-corrected chi connectivity index (χ1v) is 9.77. The highest BCUT2D eigenvalue weighted by Gasteiger charge is 2.37. The molecule has 0 saturated carbocycles. The number of carbonyl (C=O) groups excluding carboxylic acids is 2. The summed E-state index contributed by atoms with van der Waals surface area (Å²) in [6.07, 6.45) is -1.93. The molecule has 30 heavy (non-hydrogen) atoms. The lowest BCUT2D eigenvalue weighted by Gasteiger charge is -2.26. The minimum absolute atomic E-state index is 0.00270. The Kier molecular flexibility index (Phi) is 5.16. The Hall–Kier alpha value is -2.69. The quantitative estimate of drug-likeness (QED) is 0.726. The number of rotatable bonds is 3. The van der Waals surface area contributed by atoms with Crippen molar-refractivity contribution in [2.75, 3.05) is 13.1 Å². The van der Waals surface area contributed by atoms with Crippen LogP contribution in [0.2, 0.25) is 5.02 Å². The van der Waals surface area contributed by atoms with Crippen molar-refractivity contribution < 1.29 is 22.8 Å². The number of aromatic nitrogens is 4. The molecule has 1 atom stereocenters. The summed E-state index contributed by atoms with van der Waals surface area (Å²) < 4.78 is 40.4. The zero-order valence-corrected chi connectivity index (χ0v) is 16.4. The van der Waals surface area contributed by atoms with Gasteiger partial charge in [0.2, 0.25) is 11.7 Å². The van der Waals surface area contributed by atoms with E-state index < -0.39 is 23.5 Å². The molecule has 2 aromatic rings. The van der Waals surface area contributed by atoms with Gasteiger partial charge in [-0.05, 0) is 25.3 Å². The van der Waals surface area contributed by atoms with Gasteiger partial charge in [0.1, 0.15) is 6.04 Å². The Morgan fingerprint density at radius 1 is 1.23 bits per heavy atom. The van der Waals surface area contributed by atoms with Crippen molar-refractivity contribution in [2.24, 2.45) is 0 Å². The van der Waals surface area contributed by atoms with Crippen LogP contribution in [0.1, 0.15) is 53.6 Å². The van der Waals surface area contributed by atoms with Gasteiger partial charge in [0.15, 0.2) is 5.78 Å². The Labute approximate surface area is 173 Å². The van der Waals surface area contributed by atoms with Crippen molar-refractivity contribution in [2.45, 2.75) is 44.4 Å². The molecule has 0 aliphatic carbocycles. The molecule has 0 radical (unpaired) electrons. The molecule has 1 saturated heterocycles. The standard InChI is InChI=1S/C18H17ClF3N5O3/c19-11-7-10(18(20,21)22)8-23-12(11)9-26-17(30)27-13(3-4-14(28)15(27)24-26)16(29)25-5-1-2-6-25/h7-8,13H,1-6,9H2. The van der Waals surface area contributed by atoms with Gasteiger partial charge in [0.05, 0.1) is 22.8 Å². The van der Waals surface area contributed by atoms with Crippen LogP contribution in [0.5, 0.6) is 0 Å². The van der Waals surface area contributed by atoms with E-state index in [0.717, 1.165) is 28.2 Å². The minimum atomic E-state index is -4.60. The molecule has 160 valence electrons. The fraction of sp³-hybridized carbons (Fsp3) is 0.500. The lowest BCUT2D eigenvalue weighted by atomic mass is 10.0. The summed E-state index contributed by atoms with van der Waals surface area (Å²) >= 11 is 5.92. The third-order valence-electron chi connectivity index (χ3n) is 5.32. The van der Waals surface area contributed by atoms with Crippen LogP contribution in [-0.2, 0) is 17.5 Å². The van der Waals surface area contributed by atoms with Gasteiger partial charge in [0.25, 0.3) is 0 Å². The topological polar surface area (TPSA) is 90.1 Å². The van der Waals surface area contributed by atoms with Crippen LogP contribution in [0.15, 0.2) is 17.1 Å². The zero-order valence-electron chi connectivity index (χ0n) is 15.7. The number of nitrogens with zero attached hydrogens (tertiary/aromatic N) is 5. The van der Waals surface area contributed by atoms with Gasteiger partial charge in [-0.15, -0.1) is 5.10 Å². The number of amides is 1. The normalized spacial score (nSPS) is 19.3. The number of carbonyl (C=O) groups is 2. The highest BCUT2D eigenvalue weighted by molar-refractivity contribution is 6.31. The Morgan fingerprint density at radius 2 is 1.93 bits per heavy atom. The van der Waals surface area contributed by atoms with Gasteiger partial charge in [-0.3, -0.25) is 19.1 Å². The molecule has 2 aromatic heterocycles. The van der Waals surface area contributed by atoms with Crippen LogP contribution in [-0.4, -0.2) is 49.0 Å². The first-order valence-electron chi connectivity index (χ1n) is 9.40. The minimum Gasteiger partial charge on any atom is -0.341 e. The van der Waals surface area contributed by atoms with E-state index in [1.807, 2.05) is 0 Å². The van der Waals surface area contributed by atoms with Crippen LogP contribution >= 0.6 is 11.6 Å². The maximum atomic E-state index is 12.9. The first kappa shape index (κ1) is 20.6. The molecule has 1 unspecified atom stereocenters. The Bertz CT molecular complexity index is 1070. The third kappa shape index (κ3) is 3.62. The summed E-state index contributed by atoms with van der Waals surface area (Å²) in [5, 5.41) is 3.75. The number of alkyl halides is 3. The molecule has 0 bridgehead atoms. The van der Waals surface area contributed by atoms with Crippen molar-refractivity contribution >= 4 is 23.3 Å². The highest BCUT2D eigenvalue weighted by Crippen LogP contribution is 2.31. The molecule has 2 aliphatic heterocycles. The highest BCUT2D eigenvalue weighted by atomic mass is 35.5. The van der Waals surface area contributed by atoms with Crippen LogP contribution in [0, 0.1) is 0 Å². The Morgan fingerprint density at radius 3 is 2.57 bits per heavy atom. The van der Waals surface area contributed by atoms with E-state index in [9.17, 15) is 27.6 Å². The van der Waals surface area contributed by atoms with Gasteiger partial charge < -0.3 is 4.90 Å². The van der Waals surface area contributed by atoms with E-state index >= 15 is 0 Å². The molecule has 0 aromatic carbocycles. The number of hydrogen-bond donors (Lipinski definition) is 0. The van der Waals surface area contributed by atoms with Gasteiger partial charge >= 0.3 is 11.9 Å². The second kappa shape index (κ2) is 7.53. The fourth-order valence-electron chi connectivity index (χ4n) is 3.76. The molecule has 4 rings (SSSR count). The zero-order chi connectivity index (χ0) is 21.6. The summed E-state index contributed by atoms with van der Waals surface area (Å²) in [5.41, 5.74) is -1.72. The lowest BCUT2D eigenvalue weighted by Crippen LogP contribution is -2.42. The predicted molar refractivity (Wildman–Crippen MR) is 98.3 cm³/mol. The number of hydrogen-bond acceptors (Lipinski definition) is 5. The number of fused-ring (bicyclic) bond motifs is 1. The summed E-state index contributed by atoms with van der Waals surface area (Å²) in [7, 11) is 0. The van der Waals surface area contributed by atoms with Crippen molar-refractivity contribution in [3.8, 4) is 0 Å².